The van der Waals surface area contributed by atoms with E-state index in [0.717, 1.165) is 66.6 Å². The Labute approximate surface area is 226 Å². The van der Waals surface area contributed by atoms with Gasteiger partial charge in [0.15, 0.2) is 5.82 Å². The van der Waals surface area contributed by atoms with Crippen LogP contribution in [0.2, 0.25) is 0 Å². The van der Waals surface area contributed by atoms with E-state index in [1.165, 1.54) is 0 Å². The molecule has 0 radical (unpaired) electrons. The quantitative estimate of drug-likeness (QED) is 0.400. The summed E-state index contributed by atoms with van der Waals surface area (Å²) in [5.74, 6) is 1.79. The van der Waals surface area contributed by atoms with E-state index >= 15 is 0 Å². The fourth-order valence-electron chi connectivity index (χ4n) is 5.47. The third kappa shape index (κ3) is 6.32. The first-order valence-corrected chi connectivity index (χ1v) is 13.6. The fourth-order valence-corrected chi connectivity index (χ4v) is 5.47. The van der Waals surface area contributed by atoms with Crippen LogP contribution in [0.4, 0.5) is 10.6 Å². The number of aliphatic imine (C=N–C) groups is 1. The highest BCUT2D eigenvalue weighted by Crippen LogP contribution is 2.33. The number of carbonyl (C=O) groups excluding carboxylic acids is 1. The normalized spacial score (nSPS) is 25.7. The first-order valence-electron chi connectivity index (χ1n) is 13.6. The fraction of sp³-hybridized carbons (Fsp3) is 0.464. The van der Waals surface area contributed by atoms with E-state index in [1.807, 2.05) is 24.3 Å². The van der Waals surface area contributed by atoms with Crippen LogP contribution < -0.4 is 16.2 Å². The van der Waals surface area contributed by atoms with Crippen LogP contribution in [0.5, 0.6) is 0 Å². The van der Waals surface area contributed by atoms with Gasteiger partial charge in [-0.3, -0.25) is 9.97 Å². The predicted molar refractivity (Wildman–Crippen MR) is 144 cm³/mol. The van der Waals surface area contributed by atoms with Crippen LogP contribution in [-0.4, -0.2) is 58.3 Å². The maximum Gasteiger partial charge on any atom is 0.407 e. The lowest BCUT2D eigenvalue weighted by Crippen LogP contribution is -2.36. The van der Waals surface area contributed by atoms with Crippen molar-refractivity contribution in [2.45, 2.75) is 63.5 Å². The van der Waals surface area contributed by atoms with Gasteiger partial charge in [-0.1, -0.05) is 6.07 Å². The molecule has 3 fully saturated rings. The number of nitrogens with zero attached hydrogens (tertiary/aromatic N) is 4. The molecule has 11 heteroatoms. The molecule has 204 valence electrons. The number of hydrogen-bond acceptors (Lipinski definition) is 9. The lowest BCUT2D eigenvalue weighted by molar-refractivity contribution is 0.0323. The Balaban J connectivity index is 1.03. The van der Waals surface area contributed by atoms with Crippen LogP contribution in [-0.2, 0) is 27.4 Å². The summed E-state index contributed by atoms with van der Waals surface area (Å²) in [4.78, 5) is 30.2. The Bertz CT molecular complexity index is 1320. The van der Waals surface area contributed by atoms with Crippen molar-refractivity contribution >= 4 is 28.6 Å². The maximum absolute atomic E-state index is 12.3. The lowest BCUT2D eigenvalue weighted by atomic mass is 9.96. The van der Waals surface area contributed by atoms with Crippen LogP contribution in [0.3, 0.4) is 0 Å². The summed E-state index contributed by atoms with van der Waals surface area (Å²) in [6.07, 6.45) is 11.0. The second-order valence-corrected chi connectivity index (χ2v) is 10.3. The van der Waals surface area contributed by atoms with E-state index in [9.17, 15) is 4.79 Å². The summed E-state index contributed by atoms with van der Waals surface area (Å²) in [7, 11) is 0. The van der Waals surface area contributed by atoms with Gasteiger partial charge in [0.2, 0.25) is 0 Å². The number of aromatic nitrogens is 3. The number of hydrogen-bond donors (Lipinski definition) is 3. The van der Waals surface area contributed by atoms with Crippen LogP contribution in [0, 0.1) is 5.92 Å². The van der Waals surface area contributed by atoms with Gasteiger partial charge in [0.1, 0.15) is 17.5 Å². The van der Waals surface area contributed by atoms with E-state index in [2.05, 4.69) is 31.1 Å². The standard InChI is InChI=1S/C28H33N7O4/c36-28(32-15-18-2-1-8-29-14-18)39-21-4-3-19(12-21)24-13-25(35-34-24)33-27-26-23(6-10-31-27)20(5-9-30-26)16-38-22-7-11-37-17-22/h1-2,5-6,8-10,14,19,21-22,24,34H,3-4,7,11-13,15-17H2,(H,32,36)(H,31,33,35)/t19-,21+,22?,24?/m0/s1. The third-order valence-electron chi connectivity index (χ3n) is 7.58. The number of amidine groups is 1. The van der Waals surface area contributed by atoms with Gasteiger partial charge in [-0.05, 0) is 60.9 Å². The molecule has 2 unspecified atom stereocenters. The average molecular weight is 532 g/mol. The largest absolute Gasteiger partial charge is 0.446 e. The van der Waals surface area contributed by atoms with Crippen LogP contribution >= 0.6 is 0 Å². The van der Waals surface area contributed by atoms with Gasteiger partial charge in [0.25, 0.3) is 0 Å². The summed E-state index contributed by atoms with van der Waals surface area (Å²) in [6, 6.07) is 7.91. The van der Waals surface area contributed by atoms with Crippen molar-refractivity contribution < 1.29 is 19.0 Å². The molecule has 0 bridgehead atoms. The first kappa shape index (κ1) is 25.6. The first-order chi connectivity index (χ1) is 19.2. The molecule has 0 spiro atoms. The zero-order chi connectivity index (χ0) is 26.4. The van der Waals surface area contributed by atoms with Gasteiger partial charge in [0, 0.05) is 55.8 Å². The Kier molecular flexibility index (Phi) is 7.89. The van der Waals surface area contributed by atoms with Gasteiger partial charge in [-0.15, -0.1) is 0 Å². The molecule has 3 aromatic heterocycles. The minimum atomic E-state index is -0.389. The Morgan fingerprint density at radius 2 is 2.08 bits per heavy atom. The lowest BCUT2D eigenvalue weighted by Gasteiger charge is -2.17. The molecule has 5 heterocycles. The Morgan fingerprint density at radius 3 is 2.95 bits per heavy atom. The van der Waals surface area contributed by atoms with Gasteiger partial charge in [0.05, 0.1) is 19.3 Å². The summed E-state index contributed by atoms with van der Waals surface area (Å²) in [5.41, 5.74) is 9.37. The highest BCUT2D eigenvalue weighted by Gasteiger charge is 2.36. The molecule has 2 aliphatic heterocycles. The Hall–Kier alpha value is -3.67. The van der Waals surface area contributed by atoms with Gasteiger partial charge < -0.3 is 25.0 Å². The molecular formula is C28H33N7O4. The number of hydrazine groups is 1. The molecule has 1 amide bonds. The molecule has 1 saturated carbocycles. The van der Waals surface area contributed by atoms with Gasteiger partial charge in [-0.25, -0.2) is 20.2 Å². The molecule has 11 nitrogen and oxygen atoms in total. The number of alkyl carbamates (subject to hydrolysis) is 1. The van der Waals surface area contributed by atoms with E-state index in [4.69, 9.17) is 19.2 Å². The number of ether oxygens (including phenoxy) is 3. The third-order valence-corrected chi connectivity index (χ3v) is 7.58. The molecule has 6 rings (SSSR count). The van der Waals surface area contributed by atoms with Crippen molar-refractivity contribution in [3.05, 3.63) is 60.2 Å². The second-order valence-electron chi connectivity index (χ2n) is 10.3. The second kappa shape index (κ2) is 12.0. The monoisotopic (exact) mass is 531 g/mol. The number of pyridine rings is 3. The SMILES string of the molecule is O=C(NCc1cccnc1)O[C@@H]1CC[C@H](C2CC(=Nc3nccc4c(COC5CCOC5)ccnc34)NN2)C1. The molecule has 4 atom stereocenters. The Morgan fingerprint density at radius 1 is 1.13 bits per heavy atom. The minimum Gasteiger partial charge on any atom is -0.446 e. The number of carbonyl (C=O) groups is 1. The maximum atomic E-state index is 12.3. The number of rotatable bonds is 8. The van der Waals surface area contributed by atoms with E-state index in [0.29, 0.717) is 31.5 Å². The van der Waals surface area contributed by atoms with Crippen molar-refractivity contribution in [3.63, 3.8) is 0 Å². The average Bonchev–Trinajstić information content (AvgIpc) is 3.74. The van der Waals surface area contributed by atoms with Gasteiger partial charge in [-0.2, -0.15) is 0 Å². The molecule has 39 heavy (non-hydrogen) atoms. The van der Waals surface area contributed by atoms with E-state index in [-0.39, 0.29) is 24.3 Å². The molecule has 2 saturated heterocycles. The summed E-state index contributed by atoms with van der Waals surface area (Å²) in [6.45, 7) is 2.31. The molecule has 0 aromatic carbocycles. The number of fused-ring (bicyclic) bond motifs is 1. The molecule has 3 aromatic rings. The van der Waals surface area contributed by atoms with Crippen molar-refractivity contribution in [1.82, 2.24) is 31.1 Å². The zero-order valence-corrected chi connectivity index (χ0v) is 21.7. The van der Waals surface area contributed by atoms with Gasteiger partial charge >= 0.3 is 6.09 Å². The molecule has 3 aliphatic rings. The topological polar surface area (TPSA) is 132 Å². The number of nitrogens with one attached hydrogen (secondary N) is 3. The predicted octanol–water partition coefficient (Wildman–Crippen LogP) is 3.32. The van der Waals surface area contributed by atoms with Crippen molar-refractivity contribution in [2.24, 2.45) is 10.9 Å². The summed E-state index contributed by atoms with van der Waals surface area (Å²) >= 11 is 0. The zero-order valence-electron chi connectivity index (χ0n) is 21.7. The van der Waals surface area contributed by atoms with Crippen LogP contribution in [0.25, 0.3) is 10.9 Å². The van der Waals surface area contributed by atoms with Crippen molar-refractivity contribution in [3.8, 4) is 0 Å². The summed E-state index contributed by atoms with van der Waals surface area (Å²) in [5, 5.41) is 3.80. The van der Waals surface area contributed by atoms with E-state index in [1.54, 1.807) is 24.8 Å². The van der Waals surface area contributed by atoms with E-state index < -0.39 is 0 Å². The minimum absolute atomic E-state index is 0.0907. The van der Waals surface area contributed by atoms with Crippen LogP contribution in [0.15, 0.2) is 54.0 Å². The van der Waals surface area contributed by atoms with Crippen LogP contribution in [0.1, 0.15) is 43.2 Å². The molecule has 1 aliphatic carbocycles. The molecular weight excluding hydrogens is 498 g/mol. The van der Waals surface area contributed by atoms with Crippen molar-refractivity contribution in [1.29, 1.82) is 0 Å². The highest BCUT2D eigenvalue weighted by molar-refractivity contribution is 5.93. The smallest absolute Gasteiger partial charge is 0.407 e. The summed E-state index contributed by atoms with van der Waals surface area (Å²) < 4.78 is 17.1. The van der Waals surface area contributed by atoms with Crippen molar-refractivity contribution in [2.75, 3.05) is 13.2 Å². The molecule has 3 N–H and O–H groups in total. The number of amides is 1. The highest BCUT2D eigenvalue weighted by atomic mass is 16.6.